The van der Waals surface area contributed by atoms with Gasteiger partial charge in [-0.05, 0) is 53.6 Å². The average Bonchev–Trinajstić information content (AvgIpc) is 3.11. The molecule has 0 radical (unpaired) electrons. The monoisotopic (exact) mass is 655 g/mol. The highest BCUT2D eigenvalue weighted by atomic mass is 35.5. The molecule has 3 N–H and O–H groups in total. The van der Waals surface area contributed by atoms with Crippen LogP contribution in [-0.2, 0) is 33.8 Å². The minimum Gasteiger partial charge on any atom is -0.348 e. The Labute approximate surface area is 283 Å². The predicted molar refractivity (Wildman–Crippen MR) is 185 cm³/mol. The van der Waals surface area contributed by atoms with Crippen molar-refractivity contribution in [2.24, 2.45) is 0 Å². The third-order valence-electron chi connectivity index (χ3n) is 10.3. The first kappa shape index (κ1) is 33.2. The van der Waals surface area contributed by atoms with Gasteiger partial charge in [0.15, 0.2) is 0 Å². The van der Waals surface area contributed by atoms with E-state index < -0.39 is 12.1 Å². The van der Waals surface area contributed by atoms with Gasteiger partial charge < -0.3 is 20.9 Å². The van der Waals surface area contributed by atoms with Crippen molar-refractivity contribution in [3.63, 3.8) is 0 Å². The van der Waals surface area contributed by atoms with Crippen molar-refractivity contribution in [2.45, 2.75) is 82.1 Å². The normalized spacial score (nSPS) is 20.8. The Kier molecular flexibility index (Phi) is 10.6. The van der Waals surface area contributed by atoms with E-state index >= 15 is 0 Å². The molecule has 47 heavy (non-hydrogen) atoms. The summed E-state index contributed by atoms with van der Waals surface area (Å²) in [5.41, 5.74) is 4.20. The number of hydrogen-bond acceptors (Lipinski definition) is 5. The Balaban J connectivity index is 1.18. The molecule has 0 aromatic heterocycles. The lowest BCUT2D eigenvalue weighted by Gasteiger charge is -2.54. The standard InChI is InChI=1S/C38H46ClN5O3/c1-27(45)41-35(29-10-4-2-5-11-29)38(18-8-3-9-19-38)44-22-20-43(21-23-44)37(47)34(24-28-14-16-32(39)17-15-28)42-36(46)33-25-30-12-6-7-13-31(30)26-40-33/h2,4-7,10-17,33-35,40H,3,8-9,18-26H2,1H3,(H,41,45)(H,42,46). The number of nitrogens with one attached hydrogen (secondary N) is 3. The molecule has 0 bridgehead atoms. The minimum atomic E-state index is -0.700. The number of rotatable bonds is 9. The van der Waals surface area contributed by atoms with Crippen molar-refractivity contribution >= 4 is 29.3 Å². The molecule has 3 unspecified atom stereocenters. The number of halogens is 1. The summed E-state index contributed by atoms with van der Waals surface area (Å²) in [6.07, 6.45) is 6.36. The second kappa shape index (κ2) is 15.0. The molecule has 3 amide bonds. The van der Waals surface area contributed by atoms with Crippen molar-refractivity contribution in [3.05, 3.63) is 106 Å². The summed E-state index contributed by atoms with van der Waals surface area (Å²) in [6, 6.07) is 24.7. The third-order valence-corrected chi connectivity index (χ3v) is 10.6. The smallest absolute Gasteiger partial charge is 0.245 e. The first-order chi connectivity index (χ1) is 22.8. The fourth-order valence-electron chi connectivity index (χ4n) is 7.89. The van der Waals surface area contributed by atoms with Crippen molar-refractivity contribution in [2.75, 3.05) is 26.2 Å². The summed E-state index contributed by atoms with van der Waals surface area (Å²) >= 11 is 6.16. The molecule has 3 atom stereocenters. The van der Waals surface area contributed by atoms with Crippen LogP contribution in [0.5, 0.6) is 0 Å². The van der Waals surface area contributed by atoms with Gasteiger partial charge in [-0.3, -0.25) is 19.3 Å². The van der Waals surface area contributed by atoms with Crippen LogP contribution in [-0.4, -0.2) is 71.3 Å². The molecule has 3 aromatic rings. The van der Waals surface area contributed by atoms with Crippen LogP contribution < -0.4 is 16.0 Å². The number of fused-ring (bicyclic) bond motifs is 1. The molecule has 0 spiro atoms. The molecule has 2 heterocycles. The third kappa shape index (κ3) is 7.72. The van der Waals surface area contributed by atoms with Crippen LogP contribution in [0.25, 0.3) is 0 Å². The lowest BCUT2D eigenvalue weighted by atomic mass is 9.72. The van der Waals surface area contributed by atoms with Crippen LogP contribution in [0.4, 0.5) is 0 Å². The largest absolute Gasteiger partial charge is 0.348 e. The number of nitrogens with zero attached hydrogens (tertiary/aromatic N) is 2. The maximum absolute atomic E-state index is 14.2. The fraction of sp³-hybridized carbons (Fsp3) is 0.447. The summed E-state index contributed by atoms with van der Waals surface area (Å²) in [4.78, 5) is 44.8. The molecule has 248 valence electrons. The first-order valence-corrected chi connectivity index (χ1v) is 17.4. The predicted octanol–water partition coefficient (Wildman–Crippen LogP) is 4.81. The van der Waals surface area contributed by atoms with Gasteiger partial charge in [-0.25, -0.2) is 0 Å². The Morgan fingerprint density at radius 2 is 1.51 bits per heavy atom. The van der Waals surface area contributed by atoms with E-state index in [-0.39, 0.29) is 29.3 Å². The van der Waals surface area contributed by atoms with Gasteiger partial charge in [-0.1, -0.05) is 97.6 Å². The zero-order valence-corrected chi connectivity index (χ0v) is 28.0. The Hall–Kier alpha value is -3.72. The molecule has 3 aliphatic rings. The number of carbonyl (C=O) groups excluding carboxylic acids is 3. The molecule has 1 saturated heterocycles. The van der Waals surface area contributed by atoms with Crippen LogP contribution in [0, 0.1) is 0 Å². The van der Waals surface area contributed by atoms with Crippen LogP contribution >= 0.6 is 11.6 Å². The van der Waals surface area contributed by atoms with Gasteiger partial charge in [0.25, 0.3) is 0 Å². The zero-order chi connectivity index (χ0) is 32.8. The van der Waals surface area contributed by atoms with Crippen molar-refractivity contribution in [3.8, 4) is 0 Å². The number of piperazine rings is 1. The maximum atomic E-state index is 14.2. The molecule has 2 aliphatic heterocycles. The summed E-state index contributed by atoms with van der Waals surface area (Å²) in [5, 5.41) is 10.5. The number of hydrogen-bond donors (Lipinski definition) is 3. The van der Waals surface area contributed by atoms with Crippen LogP contribution in [0.1, 0.15) is 67.3 Å². The van der Waals surface area contributed by atoms with Gasteiger partial charge in [0.2, 0.25) is 17.7 Å². The van der Waals surface area contributed by atoms with E-state index in [0.29, 0.717) is 50.6 Å². The highest BCUT2D eigenvalue weighted by molar-refractivity contribution is 6.30. The van der Waals surface area contributed by atoms with E-state index in [2.05, 4.69) is 45.1 Å². The van der Waals surface area contributed by atoms with Crippen LogP contribution in [0.3, 0.4) is 0 Å². The van der Waals surface area contributed by atoms with E-state index in [0.717, 1.165) is 42.4 Å². The number of amides is 3. The van der Waals surface area contributed by atoms with E-state index in [9.17, 15) is 14.4 Å². The Bertz CT molecular complexity index is 1530. The van der Waals surface area contributed by atoms with Gasteiger partial charge in [-0.2, -0.15) is 0 Å². The van der Waals surface area contributed by atoms with E-state index in [1.54, 1.807) is 6.92 Å². The molecule has 6 rings (SSSR count). The fourth-order valence-corrected chi connectivity index (χ4v) is 8.01. The molecular formula is C38H46ClN5O3. The molecule has 2 fully saturated rings. The van der Waals surface area contributed by atoms with E-state index in [4.69, 9.17) is 11.6 Å². The maximum Gasteiger partial charge on any atom is 0.245 e. The molecule has 3 aromatic carbocycles. The van der Waals surface area contributed by atoms with Crippen molar-refractivity contribution < 1.29 is 14.4 Å². The van der Waals surface area contributed by atoms with Gasteiger partial charge in [0.05, 0.1) is 12.1 Å². The molecular weight excluding hydrogens is 610 g/mol. The molecule has 1 aliphatic carbocycles. The molecule has 9 heteroatoms. The number of benzene rings is 3. The quantitative estimate of drug-likeness (QED) is 0.308. The minimum absolute atomic E-state index is 0.0330. The van der Waals surface area contributed by atoms with Gasteiger partial charge >= 0.3 is 0 Å². The summed E-state index contributed by atoms with van der Waals surface area (Å²) in [6.45, 7) is 4.75. The highest BCUT2D eigenvalue weighted by Crippen LogP contribution is 2.43. The van der Waals surface area contributed by atoms with Crippen molar-refractivity contribution in [1.29, 1.82) is 0 Å². The molecule has 1 saturated carbocycles. The highest BCUT2D eigenvalue weighted by Gasteiger charge is 2.47. The summed E-state index contributed by atoms with van der Waals surface area (Å²) in [7, 11) is 0. The van der Waals surface area contributed by atoms with Gasteiger partial charge in [0.1, 0.15) is 6.04 Å². The van der Waals surface area contributed by atoms with Crippen molar-refractivity contribution in [1.82, 2.24) is 25.8 Å². The Morgan fingerprint density at radius 3 is 2.19 bits per heavy atom. The second-order valence-electron chi connectivity index (χ2n) is 13.3. The summed E-state index contributed by atoms with van der Waals surface area (Å²) in [5.74, 6) is -0.259. The lowest BCUT2D eigenvalue weighted by Crippen LogP contribution is -2.64. The topological polar surface area (TPSA) is 93.8 Å². The number of carbonyl (C=O) groups is 3. The first-order valence-electron chi connectivity index (χ1n) is 17.0. The lowest BCUT2D eigenvalue weighted by molar-refractivity contribution is -0.140. The SMILES string of the molecule is CC(=O)NC(c1ccccc1)C1(N2CCN(C(=O)C(Cc3ccc(Cl)cc3)NC(=O)C3Cc4ccccc4CN3)CC2)CCCCC1. The van der Waals surface area contributed by atoms with E-state index in [1.165, 1.54) is 12.0 Å². The van der Waals surface area contributed by atoms with Gasteiger partial charge in [-0.15, -0.1) is 0 Å². The molecule has 8 nitrogen and oxygen atoms in total. The zero-order valence-electron chi connectivity index (χ0n) is 27.2. The average molecular weight is 656 g/mol. The van der Waals surface area contributed by atoms with Crippen LogP contribution in [0.2, 0.25) is 5.02 Å². The Morgan fingerprint density at radius 1 is 0.851 bits per heavy atom. The van der Waals surface area contributed by atoms with E-state index in [1.807, 2.05) is 59.5 Å². The van der Waals surface area contributed by atoms with Crippen LogP contribution in [0.15, 0.2) is 78.9 Å². The summed E-state index contributed by atoms with van der Waals surface area (Å²) < 4.78 is 0. The van der Waals surface area contributed by atoms with Gasteiger partial charge in [0, 0.05) is 56.6 Å². The second-order valence-corrected chi connectivity index (χ2v) is 13.8.